The highest BCUT2D eigenvalue weighted by atomic mass is 35.5. The van der Waals surface area contributed by atoms with E-state index in [1.807, 2.05) is 0 Å². The molecule has 0 heterocycles. The normalized spacial score (nSPS) is 10.2. The number of hydrogen-bond donors (Lipinski definition) is 1. The minimum absolute atomic E-state index is 0.0171. The molecule has 2 aromatic carbocycles. The van der Waals surface area contributed by atoms with E-state index in [-0.39, 0.29) is 24.6 Å². The van der Waals surface area contributed by atoms with Crippen molar-refractivity contribution in [1.82, 2.24) is 5.32 Å². The van der Waals surface area contributed by atoms with Crippen molar-refractivity contribution >= 4 is 29.2 Å². The van der Waals surface area contributed by atoms with Crippen molar-refractivity contribution in [2.45, 2.75) is 19.4 Å². The van der Waals surface area contributed by atoms with Crippen LogP contribution in [0.15, 0.2) is 48.5 Å². The molecule has 0 spiro atoms. The summed E-state index contributed by atoms with van der Waals surface area (Å²) < 4.78 is 5.10. The number of rotatable bonds is 8. The average Bonchev–Trinajstić information content (AvgIpc) is 2.64. The predicted octanol–water partition coefficient (Wildman–Crippen LogP) is 3.50. The maximum Gasteiger partial charge on any atom is 0.306 e. The van der Waals surface area contributed by atoms with E-state index < -0.39 is 10.9 Å². The minimum atomic E-state index is -0.492. The summed E-state index contributed by atoms with van der Waals surface area (Å²) in [6.45, 7) is 0.391. The first-order chi connectivity index (χ1) is 12.5. The van der Waals surface area contributed by atoms with Crippen molar-refractivity contribution in [3.63, 3.8) is 0 Å². The predicted molar refractivity (Wildman–Crippen MR) is 95.9 cm³/mol. The van der Waals surface area contributed by atoms with Crippen LogP contribution in [0.5, 0.6) is 0 Å². The van der Waals surface area contributed by atoms with E-state index in [9.17, 15) is 19.7 Å². The molecular formula is C18H17ClN2O5. The summed E-state index contributed by atoms with van der Waals surface area (Å²) in [5.74, 6) is -0.634. The molecule has 0 saturated carbocycles. The number of amides is 1. The second-order valence-corrected chi connectivity index (χ2v) is 5.89. The van der Waals surface area contributed by atoms with Gasteiger partial charge in [0.1, 0.15) is 6.61 Å². The molecule has 0 fully saturated rings. The van der Waals surface area contributed by atoms with E-state index in [0.717, 1.165) is 0 Å². The Bertz CT molecular complexity index is 775. The standard InChI is InChI=1S/C18H17ClN2O5/c19-15-7-5-14(6-8-15)18(23)20-11-1-2-17(22)26-12-13-3-9-16(10-4-13)21(24)25/h3-10H,1-2,11-12H2,(H,20,23). The summed E-state index contributed by atoms with van der Waals surface area (Å²) in [4.78, 5) is 33.6. The Labute approximate surface area is 155 Å². The van der Waals surface area contributed by atoms with Crippen molar-refractivity contribution < 1.29 is 19.2 Å². The number of nitrogens with one attached hydrogen (secondary N) is 1. The Morgan fingerprint density at radius 2 is 1.73 bits per heavy atom. The van der Waals surface area contributed by atoms with Crippen LogP contribution >= 0.6 is 11.6 Å². The molecule has 0 atom stereocenters. The Balaban J connectivity index is 1.65. The molecule has 0 aliphatic rings. The maximum atomic E-state index is 11.9. The van der Waals surface area contributed by atoms with Crippen molar-refractivity contribution in [1.29, 1.82) is 0 Å². The zero-order valence-electron chi connectivity index (χ0n) is 13.8. The second kappa shape index (κ2) is 9.53. The molecule has 0 unspecified atom stereocenters. The Morgan fingerprint density at radius 1 is 1.08 bits per heavy atom. The van der Waals surface area contributed by atoms with Crippen molar-refractivity contribution in [2.75, 3.05) is 6.54 Å². The van der Waals surface area contributed by atoms with E-state index in [1.54, 1.807) is 24.3 Å². The highest BCUT2D eigenvalue weighted by Gasteiger charge is 2.08. The molecule has 2 rings (SSSR count). The number of benzene rings is 2. The molecule has 2 aromatic rings. The molecular weight excluding hydrogens is 360 g/mol. The van der Waals surface area contributed by atoms with Gasteiger partial charge in [-0.15, -0.1) is 0 Å². The highest BCUT2D eigenvalue weighted by Crippen LogP contribution is 2.13. The van der Waals surface area contributed by atoms with Gasteiger partial charge in [-0.2, -0.15) is 0 Å². The number of hydrogen-bond acceptors (Lipinski definition) is 5. The molecule has 8 heteroatoms. The summed E-state index contributed by atoms with van der Waals surface area (Å²) in [6, 6.07) is 12.3. The van der Waals surface area contributed by atoms with Crippen molar-refractivity contribution in [3.05, 3.63) is 74.8 Å². The van der Waals surface area contributed by atoms with Crippen molar-refractivity contribution in [2.24, 2.45) is 0 Å². The first-order valence-corrected chi connectivity index (χ1v) is 8.26. The van der Waals surface area contributed by atoms with Gasteiger partial charge in [0.15, 0.2) is 0 Å². The highest BCUT2D eigenvalue weighted by molar-refractivity contribution is 6.30. The maximum absolute atomic E-state index is 11.9. The first kappa shape index (κ1) is 19.4. The summed E-state index contributed by atoms with van der Waals surface area (Å²) >= 11 is 5.76. The summed E-state index contributed by atoms with van der Waals surface area (Å²) in [5.41, 5.74) is 1.15. The molecule has 0 aliphatic heterocycles. The van der Waals surface area contributed by atoms with Crippen LogP contribution in [0.3, 0.4) is 0 Å². The van der Waals surface area contributed by atoms with Crippen LogP contribution in [-0.4, -0.2) is 23.3 Å². The average molecular weight is 377 g/mol. The SMILES string of the molecule is O=C(CCCNC(=O)c1ccc(Cl)cc1)OCc1ccc([N+](=O)[O-])cc1. The fraction of sp³-hybridized carbons (Fsp3) is 0.222. The second-order valence-electron chi connectivity index (χ2n) is 5.45. The molecule has 0 aliphatic carbocycles. The summed E-state index contributed by atoms with van der Waals surface area (Å²) in [6.07, 6.45) is 0.603. The minimum Gasteiger partial charge on any atom is -0.461 e. The first-order valence-electron chi connectivity index (χ1n) is 7.88. The van der Waals surface area contributed by atoms with Gasteiger partial charge in [-0.1, -0.05) is 11.6 Å². The third kappa shape index (κ3) is 6.18. The van der Waals surface area contributed by atoms with Gasteiger partial charge in [0, 0.05) is 35.7 Å². The van der Waals surface area contributed by atoms with Gasteiger partial charge in [0.25, 0.3) is 11.6 Å². The zero-order valence-corrected chi connectivity index (χ0v) is 14.6. The molecule has 0 bridgehead atoms. The topological polar surface area (TPSA) is 98.5 Å². The quantitative estimate of drug-likeness (QED) is 0.329. The molecule has 7 nitrogen and oxygen atoms in total. The van der Waals surface area contributed by atoms with E-state index in [2.05, 4.69) is 5.32 Å². The van der Waals surface area contributed by atoms with Gasteiger partial charge in [-0.3, -0.25) is 19.7 Å². The van der Waals surface area contributed by atoms with Crippen molar-refractivity contribution in [3.8, 4) is 0 Å². The number of nitro groups is 1. The number of ether oxygens (including phenoxy) is 1. The molecule has 136 valence electrons. The van der Waals surface area contributed by atoms with Crippen LogP contribution in [0, 0.1) is 10.1 Å². The molecule has 0 aromatic heterocycles. The number of carbonyl (C=O) groups excluding carboxylic acids is 2. The molecule has 0 saturated heterocycles. The van der Waals surface area contributed by atoms with Gasteiger partial charge >= 0.3 is 5.97 Å². The van der Waals surface area contributed by atoms with Crippen LogP contribution in [0.2, 0.25) is 5.02 Å². The number of halogens is 1. The van der Waals surface area contributed by atoms with Gasteiger partial charge < -0.3 is 10.1 Å². The number of nitro benzene ring substituents is 1. The lowest BCUT2D eigenvalue weighted by Gasteiger charge is -2.06. The van der Waals surface area contributed by atoms with E-state index in [0.29, 0.717) is 29.1 Å². The Morgan fingerprint density at radius 3 is 2.35 bits per heavy atom. The van der Waals surface area contributed by atoms with Gasteiger partial charge in [0.05, 0.1) is 4.92 Å². The fourth-order valence-corrected chi connectivity index (χ4v) is 2.21. The Hall–Kier alpha value is -2.93. The molecule has 1 amide bonds. The molecule has 0 radical (unpaired) electrons. The number of nitrogens with zero attached hydrogens (tertiary/aromatic N) is 1. The lowest BCUT2D eigenvalue weighted by molar-refractivity contribution is -0.384. The van der Waals surface area contributed by atoms with Crippen LogP contribution in [0.25, 0.3) is 0 Å². The van der Waals surface area contributed by atoms with Crippen LogP contribution < -0.4 is 5.32 Å². The van der Waals surface area contributed by atoms with Gasteiger partial charge in [-0.25, -0.2) is 0 Å². The Kier molecular flexibility index (Phi) is 7.11. The largest absolute Gasteiger partial charge is 0.461 e. The number of esters is 1. The third-order valence-electron chi connectivity index (χ3n) is 3.50. The van der Waals surface area contributed by atoms with Gasteiger partial charge in [-0.05, 0) is 48.4 Å². The van der Waals surface area contributed by atoms with E-state index in [4.69, 9.17) is 16.3 Å². The summed E-state index contributed by atoms with van der Waals surface area (Å²) in [5, 5.41) is 13.8. The number of non-ortho nitro benzene ring substituents is 1. The molecule has 26 heavy (non-hydrogen) atoms. The fourth-order valence-electron chi connectivity index (χ4n) is 2.09. The lowest BCUT2D eigenvalue weighted by atomic mass is 10.2. The number of carbonyl (C=O) groups is 2. The zero-order chi connectivity index (χ0) is 18.9. The monoisotopic (exact) mass is 376 g/mol. The summed E-state index contributed by atoms with van der Waals surface area (Å²) in [7, 11) is 0. The molecule has 1 N–H and O–H groups in total. The van der Waals surface area contributed by atoms with Gasteiger partial charge in [0.2, 0.25) is 0 Å². The smallest absolute Gasteiger partial charge is 0.306 e. The lowest BCUT2D eigenvalue weighted by Crippen LogP contribution is -2.24. The third-order valence-corrected chi connectivity index (χ3v) is 3.75. The van der Waals surface area contributed by atoms with Crippen LogP contribution in [-0.2, 0) is 16.1 Å². The van der Waals surface area contributed by atoms with E-state index in [1.165, 1.54) is 24.3 Å². The van der Waals surface area contributed by atoms with Crippen LogP contribution in [0.4, 0.5) is 5.69 Å². The van der Waals surface area contributed by atoms with E-state index >= 15 is 0 Å². The van der Waals surface area contributed by atoms with Crippen LogP contribution in [0.1, 0.15) is 28.8 Å².